The minimum Gasteiger partial charge on any atom is -0.378 e. The molecule has 3 heteroatoms. The molecular formula is C10H14N2O. The van der Waals surface area contributed by atoms with Gasteiger partial charge in [-0.2, -0.15) is 5.10 Å². The number of nitrogens with zero attached hydrogens (tertiary/aromatic N) is 2. The molecule has 1 N–H and O–H groups in total. The maximum atomic E-state index is 9.38. The maximum Gasteiger partial charge on any atom is 0.120 e. The number of aliphatic hydroxyl groups is 1. The van der Waals surface area contributed by atoms with E-state index in [1.54, 1.807) is 18.5 Å². The van der Waals surface area contributed by atoms with Crippen molar-refractivity contribution in [1.82, 2.24) is 9.78 Å². The molecule has 0 aliphatic carbocycles. The molecule has 0 saturated heterocycles. The first kappa shape index (κ1) is 9.82. The van der Waals surface area contributed by atoms with Crippen LogP contribution in [-0.4, -0.2) is 20.5 Å². The molecule has 0 aromatic carbocycles. The van der Waals surface area contributed by atoms with Crippen molar-refractivity contribution < 1.29 is 5.11 Å². The van der Waals surface area contributed by atoms with Crippen LogP contribution in [-0.2, 0) is 7.05 Å². The van der Waals surface area contributed by atoms with Crippen molar-refractivity contribution >= 4 is 0 Å². The predicted octanol–water partition coefficient (Wildman–Crippen LogP) is 0.851. The highest BCUT2D eigenvalue weighted by Crippen LogP contribution is 2.04. The molecule has 0 aliphatic rings. The highest BCUT2D eigenvalue weighted by Gasteiger charge is 2.06. The Labute approximate surface area is 78.4 Å². The van der Waals surface area contributed by atoms with Crippen LogP contribution in [0.4, 0.5) is 0 Å². The molecule has 1 aromatic rings. The van der Waals surface area contributed by atoms with Crippen molar-refractivity contribution in [2.24, 2.45) is 7.05 Å². The molecule has 0 aliphatic heterocycles. The lowest BCUT2D eigenvalue weighted by molar-refractivity contribution is 0.143. The van der Waals surface area contributed by atoms with Gasteiger partial charge in [0.1, 0.15) is 5.60 Å². The molecule has 70 valence electrons. The molecule has 0 radical (unpaired) electrons. The average Bonchev–Trinajstić information content (AvgIpc) is 2.24. The Morgan fingerprint density at radius 3 is 2.54 bits per heavy atom. The van der Waals surface area contributed by atoms with Crippen molar-refractivity contribution in [2.45, 2.75) is 26.4 Å². The lowest BCUT2D eigenvalue weighted by Gasteiger charge is -2.05. The van der Waals surface area contributed by atoms with E-state index in [-0.39, 0.29) is 0 Å². The van der Waals surface area contributed by atoms with Crippen LogP contribution in [0.1, 0.15) is 25.1 Å². The summed E-state index contributed by atoms with van der Waals surface area (Å²) in [4.78, 5) is 0. The Morgan fingerprint density at radius 1 is 1.54 bits per heavy atom. The Bertz CT molecular complexity index is 361. The molecule has 0 spiro atoms. The van der Waals surface area contributed by atoms with E-state index in [2.05, 4.69) is 16.9 Å². The summed E-state index contributed by atoms with van der Waals surface area (Å²) in [6.07, 6.45) is 1.84. The van der Waals surface area contributed by atoms with Gasteiger partial charge in [0.15, 0.2) is 0 Å². The molecule has 0 amide bonds. The van der Waals surface area contributed by atoms with E-state index in [1.165, 1.54) is 0 Å². The van der Waals surface area contributed by atoms with Gasteiger partial charge < -0.3 is 5.11 Å². The molecule has 1 aromatic heterocycles. The first-order valence-corrected chi connectivity index (χ1v) is 4.14. The van der Waals surface area contributed by atoms with Crippen molar-refractivity contribution in [3.05, 3.63) is 17.5 Å². The first-order valence-electron chi connectivity index (χ1n) is 4.14. The lowest BCUT2D eigenvalue weighted by Crippen LogP contribution is -2.14. The molecule has 0 unspecified atom stereocenters. The molecule has 0 saturated carbocycles. The Morgan fingerprint density at radius 2 is 2.15 bits per heavy atom. The minimum absolute atomic E-state index is 0.865. The largest absolute Gasteiger partial charge is 0.378 e. The second-order valence-electron chi connectivity index (χ2n) is 3.61. The number of hydrogen-bond donors (Lipinski definition) is 1. The first-order chi connectivity index (χ1) is 5.88. The van der Waals surface area contributed by atoms with Gasteiger partial charge in [-0.25, -0.2) is 0 Å². The predicted molar refractivity (Wildman–Crippen MR) is 51.1 cm³/mol. The maximum absolute atomic E-state index is 9.38. The number of aryl methyl sites for hydroxylation is 2. The van der Waals surface area contributed by atoms with E-state index in [0.29, 0.717) is 0 Å². The molecule has 1 rings (SSSR count). The second kappa shape index (κ2) is 3.23. The third-order valence-corrected chi connectivity index (χ3v) is 1.52. The summed E-state index contributed by atoms with van der Waals surface area (Å²) in [5, 5.41) is 13.5. The van der Waals surface area contributed by atoms with Crippen LogP contribution in [0.15, 0.2) is 6.20 Å². The summed E-state index contributed by atoms with van der Waals surface area (Å²) in [6.45, 7) is 5.21. The van der Waals surface area contributed by atoms with Gasteiger partial charge in [0.05, 0.1) is 11.3 Å². The Hall–Kier alpha value is -1.27. The fourth-order valence-corrected chi connectivity index (χ4v) is 0.943. The third-order valence-electron chi connectivity index (χ3n) is 1.52. The zero-order valence-corrected chi connectivity index (χ0v) is 8.42. The van der Waals surface area contributed by atoms with E-state index < -0.39 is 5.60 Å². The van der Waals surface area contributed by atoms with Crippen molar-refractivity contribution in [2.75, 3.05) is 0 Å². The fourth-order valence-electron chi connectivity index (χ4n) is 0.943. The summed E-state index contributed by atoms with van der Waals surface area (Å²) < 4.78 is 1.71. The average molecular weight is 178 g/mol. The second-order valence-corrected chi connectivity index (χ2v) is 3.61. The molecule has 1 heterocycles. The summed E-state index contributed by atoms with van der Waals surface area (Å²) in [6, 6.07) is 0. The zero-order valence-electron chi connectivity index (χ0n) is 8.42. The lowest BCUT2D eigenvalue weighted by atomic mass is 10.1. The van der Waals surface area contributed by atoms with Gasteiger partial charge in [0, 0.05) is 13.2 Å². The zero-order chi connectivity index (χ0) is 10.1. The fraction of sp³-hybridized carbons (Fsp3) is 0.500. The van der Waals surface area contributed by atoms with Gasteiger partial charge in [0.2, 0.25) is 0 Å². The van der Waals surface area contributed by atoms with Gasteiger partial charge >= 0.3 is 0 Å². The van der Waals surface area contributed by atoms with Crippen LogP contribution in [0, 0.1) is 18.8 Å². The summed E-state index contributed by atoms with van der Waals surface area (Å²) in [5.74, 6) is 5.63. The van der Waals surface area contributed by atoms with E-state index in [4.69, 9.17) is 0 Å². The van der Waals surface area contributed by atoms with E-state index in [0.717, 1.165) is 11.3 Å². The van der Waals surface area contributed by atoms with Crippen molar-refractivity contribution in [3.63, 3.8) is 0 Å². The summed E-state index contributed by atoms with van der Waals surface area (Å²) in [7, 11) is 1.85. The van der Waals surface area contributed by atoms with Gasteiger partial charge in [-0.3, -0.25) is 4.68 Å². The van der Waals surface area contributed by atoms with Gasteiger partial charge in [-0.15, -0.1) is 0 Å². The topological polar surface area (TPSA) is 38.0 Å². The van der Waals surface area contributed by atoms with Crippen LogP contribution in [0.25, 0.3) is 0 Å². The Balaban J connectivity index is 2.96. The van der Waals surface area contributed by atoms with E-state index in [9.17, 15) is 5.11 Å². The molecule has 3 nitrogen and oxygen atoms in total. The number of rotatable bonds is 0. The monoisotopic (exact) mass is 178 g/mol. The standard InChI is InChI=1S/C10H14N2O/c1-8-9(7-12(4)11-8)5-6-10(2,3)13/h7,13H,1-4H3. The molecule has 0 fully saturated rings. The van der Waals surface area contributed by atoms with Crippen molar-refractivity contribution in [3.8, 4) is 11.8 Å². The Kier molecular flexibility index (Phi) is 2.44. The normalized spacial score (nSPS) is 10.8. The summed E-state index contributed by atoms with van der Waals surface area (Å²) in [5.41, 5.74) is 0.811. The summed E-state index contributed by atoms with van der Waals surface area (Å²) >= 11 is 0. The van der Waals surface area contributed by atoms with Crippen LogP contribution >= 0.6 is 0 Å². The van der Waals surface area contributed by atoms with Gasteiger partial charge in [0.25, 0.3) is 0 Å². The van der Waals surface area contributed by atoms with Gasteiger partial charge in [-0.05, 0) is 20.8 Å². The molecule has 0 atom stereocenters. The van der Waals surface area contributed by atoms with Gasteiger partial charge in [-0.1, -0.05) is 11.8 Å². The van der Waals surface area contributed by atoms with Crippen molar-refractivity contribution in [1.29, 1.82) is 0 Å². The van der Waals surface area contributed by atoms with E-state index >= 15 is 0 Å². The smallest absolute Gasteiger partial charge is 0.120 e. The molecular weight excluding hydrogens is 164 g/mol. The highest BCUT2D eigenvalue weighted by atomic mass is 16.3. The SMILES string of the molecule is Cc1nn(C)cc1C#CC(C)(C)O. The highest BCUT2D eigenvalue weighted by molar-refractivity contribution is 5.37. The van der Waals surface area contributed by atoms with Crippen LogP contribution < -0.4 is 0 Å². The van der Waals surface area contributed by atoms with Crippen LogP contribution in [0.3, 0.4) is 0 Å². The van der Waals surface area contributed by atoms with E-state index in [1.807, 2.05) is 20.2 Å². The number of aromatic nitrogens is 2. The third kappa shape index (κ3) is 2.92. The number of hydrogen-bond acceptors (Lipinski definition) is 2. The minimum atomic E-state index is -0.942. The van der Waals surface area contributed by atoms with Crippen LogP contribution in [0.5, 0.6) is 0 Å². The van der Waals surface area contributed by atoms with Crippen LogP contribution in [0.2, 0.25) is 0 Å². The molecule has 0 bridgehead atoms. The quantitative estimate of drug-likeness (QED) is 0.598. The molecule has 13 heavy (non-hydrogen) atoms.